The van der Waals surface area contributed by atoms with E-state index >= 15 is 0 Å². The molecule has 3 N–H and O–H groups in total. The summed E-state index contributed by atoms with van der Waals surface area (Å²) < 4.78 is 31.3. The minimum atomic E-state index is -3.20. The number of hydrogen-bond donors (Lipinski definition) is 2. The maximum absolute atomic E-state index is 13.1. The molecule has 0 aliphatic heterocycles. The highest BCUT2D eigenvalue weighted by atomic mass is 19.3. The van der Waals surface area contributed by atoms with Crippen LogP contribution < -0.4 is 10.5 Å². The van der Waals surface area contributed by atoms with Gasteiger partial charge in [-0.2, -0.15) is 0 Å². The molecular weight excluding hydrogens is 228 g/mol. The molecule has 0 spiro atoms. The maximum Gasteiger partial charge on any atom is 0.271 e. The fourth-order valence-electron chi connectivity index (χ4n) is 1.75. The van der Waals surface area contributed by atoms with Crippen LogP contribution in [0.2, 0.25) is 0 Å². The predicted molar refractivity (Wildman–Crippen MR) is 61.4 cm³/mol. The Labute approximate surface area is 99.2 Å². The third kappa shape index (κ3) is 3.14. The lowest BCUT2D eigenvalue weighted by Gasteiger charge is -2.27. The first-order valence-electron chi connectivity index (χ1n) is 5.30. The van der Waals surface area contributed by atoms with Gasteiger partial charge in [-0.1, -0.05) is 18.2 Å². The summed E-state index contributed by atoms with van der Waals surface area (Å²) >= 11 is 0. The summed E-state index contributed by atoms with van der Waals surface area (Å²) in [5, 5.41) is 9.63. The molecule has 96 valence electrons. The summed E-state index contributed by atoms with van der Waals surface area (Å²) in [5.41, 5.74) is 5.97. The van der Waals surface area contributed by atoms with Crippen molar-refractivity contribution in [2.24, 2.45) is 5.73 Å². The summed E-state index contributed by atoms with van der Waals surface area (Å²) in [6.07, 6.45) is -1.83. The van der Waals surface area contributed by atoms with Gasteiger partial charge in [0.25, 0.3) is 5.92 Å². The molecule has 0 radical (unpaired) electrons. The molecule has 3 nitrogen and oxygen atoms in total. The molecule has 0 heterocycles. The zero-order chi connectivity index (χ0) is 13.1. The summed E-state index contributed by atoms with van der Waals surface area (Å²) in [4.78, 5) is 0. The molecule has 5 heteroatoms. The number of methoxy groups -OCH3 is 1. The molecule has 1 aromatic carbocycles. The van der Waals surface area contributed by atoms with E-state index in [1.807, 2.05) is 0 Å². The highest BCUT2D eigenvalue weighted by Crippen LogP contribution is 2.34. The van der Waals surface area contributed by atoms with Gasteiger partial charge in [0, 0.05) is 24.9 Å². The molecule has 0 bridgehead atoms. The summed E-state index contributed by atoms with van der Waals surface area (Å²) in [6.45, 7) is 0.598. The van der Waals surface area contributed by atoms with Crippen molar-refractivity contribution < 1.29 is 18.6 Å². The minimum Gasteiger partial charge on any atom is -0.496 e. The first-order valence-corrected chi connectivity index (χ1v) is 5.30. The Hall–Kier alpha value is -1.20. The standard InChI is InChI=1S/C12H17F2NO2/c1-12(13,14)11(16)9(7-15)8-5-3-4-6-10(8)17-2/h3-6,9,11,16H,7,15H2,1-2H3. The maximum atomic E-state index is 13.1. The summed E-state index contributed by atoms with van der Waals surface area (Å²) in [5.74, 6) is -3.61. The van der Waals surface area contributed by atoms with Crippen LogP contribution in [-0.2, 0) is 0 Å². The first-order chi connectivity index (χ1) is 7.91. The van der Waals surface area contributed by atoms with E-state index < -0.39 is 17.9 Å². The Kier molecular flexibility index (Phi) is 4.42. The molecule has 0 fully saturated rings. The van der Waals surface area contributed by atoms with Gasteiger partial charge in [0.2, 0.25) is 0 Å². The van der Waals surface area contributed by atoms with Crippen molar-refractivity contribution in [2.75, 3.05) is 13.7 Å². The van der Waals surface area contributed by atoms with Crippen molar-refractivity contribution in [1.82, 2.24) is 0 Å². The quantitative estimate of drug-likeness (QED) is 0.831. The van der Waals surface area contributed by atoms with Crippen molar-refractivity contribution in [3.63, 3.8) is 0 Å². The molecule has 17 heavy (non-hydrogen) atoms. The van der Waals surface area contributed by atoms with E-state index in [0.29, 0.717) is 18.2 Å². The number of halogens is 2. The smallest absolute Gasteiger partial charge is 0.271 e. The van der Waals surface area contributed by atoms with Crippen molar-refractivity contribution in [3.8, 4) is 5.75 Å². The van der Waals surface area contributed by atoms with Crippen molar-refractivity contribution >= 4 is 0 Å². The third-order valence-electron chi connectivity index (χ3n) is 2.69. The molecular formula is C12H17F2NO2. The van der Waals surface area contributed by atoms with Gasteiger partial charge in [-0.3, -0.25) is 0 Å². The minimum absolute atomic E-state index is 0.0784. The van der Waals surface area contributed by atoms with E-state index in [-0.39, 0.29) is 6.54 Å². The zero-order valence-corrected chi connectivity index (χ0v) is 9.86. The molecule has 1 rings (SSSR count). The third-order valence-corrected chi connectivity index (χ3v) is 2.69. The van der Waals surface area contributed by atoms with Crippen LogP contribution in [0.25, 0.3) is 0 Å². The lowest BCUT2D eigenvalue weighted by atomic mass is 9.89. The number of benzene rings is 1. The van der Waals surface area contributed by atoms with Crippen LogP contribution in [0.4, 0.5) is 8.78 Å². The number of hydrogen-bond acceptors (Lipinski definition) is 3. The Balaban J connectivity index is 3.09. The van der Waals surface area contributed by atoms with Gasteiger partial charge in [-0.15, -0.1) is 0 Å². The van der Waals surface area contributed by atoms with Crippen molar-refractivity contribution in [3.05, 3.63) is 29.8 Å². The zero-order valence-electron chi connectivity index (χ0n) is 9.86. The molecule has 0 aliphatic rings. The van der Waals surface area contributed by atoms with E-state index in [4.69, 9.17) is 10.5 Å². The highest BCUT2D eigenvalue weighted by molar-refractivity contribution is 5.37. The molecule has 2 unspecified atom stereocenters. The Morgan fingerprint density at radius 1 is 1.41 bits per heavy atom. The molecule has 2 atom stereocenters. The summed E-state index contributed by atoms with van der Waals surface area (Å²) in [7, 11) is 1.45. The topological polar surface area (TPSA) is 55.5 Å². The van der Waals surface area contributed by atoms with Crippen LogP contribution in [-0.4, -0.2) is 30.8 Å². The summed E-state index contributed by atoms with van der Waals surface area (Å²) in [6, 6.07) is 6.71. The van der Waals surface area contributed by atoms with Crippen LogP contribution in [0.5, 0.6) is 5.75 Å². The fraction of sp³-hybridized carbons (Fsp3) is 0.500. The second-order valence-electron chi connectivity index (χ2n) is 3.99. The highest BCUT2D eigenvalue weighted by Gasteiger charge is 2.39. The molecule has 0 amide bonds. The molecule has 0 aliphatic carbocycles. The Bertz CT molecular complexity index is 366. The van der Waals surface area contributed by atoms with Gasteiger partial charge in [0.15, 0.2) is 0 Å². The van der Waals surface area contributed by atoms with E-state index in [0.717, 1.165) is 0 Å². The second-order valence-corrected chi connectivity index (χ2v) is 3.99. The van der Waals surface area contributed by atoms with Crippen LogP contribution >= 0.6 is 0 Å². The molecule has 0 aromatic heterocycles. The van der Waals surface area contributed by atoms with Gasteiger partial charge in [0.1, 0.15) is 11.9 Å². The Morgan fingerprint density at radius 3 is 2.47 bits per heavy atom. The number of nitrogens with two attached hydrogens (primary N) is 1. The van der Waals surface area contributed by atoms with Gasteiger partial charge < -0.3 is 15.6 Å². The predicted octanol–water partition coefficient (Wildman–Crippen LogP) is 1.75. The van der Waals surface area contributed by atoms with E-state index in [1.165, 1.54) is 7.11 Å². The van der Waals surface area contributed by atoms with E-state index in [2.05, 4.69) is 0 Å². The first kappa shape index (κ1) is 13.9. The largest absolute Gasteiger partial charge is 0.496 e. The van der Waals surface area contributed by atoms with Crippen LogP contribution in [0.15, 0.2) is 24.3 Å². The molecule has 0 saturated carbocycles. The van der Waals surface area contributed by atoms with Gasteiger partial charge in [0.05, 0.1) is 7.11 Å². The van der Waals surface area contributed by atoms with Crippen molar-refractivity contribution in [1.29, 1.82) is 0 Å². The number of para-hydroxylation sites is 1. The number of rotatable bonds is 5. The van der Waals surface area contributed by atoms with Crippen LogP contribution in [0.1, 0.15) is 18.4 Å². The number of aliphatic hydroxyl groups excluding tert-OH is 1. The fourth-order valence-corrected chi connectivity index (χ4v) is 1.75. The average Bonchev–Trinajstić information content (AvgIpc) is 2.29. The monoisotopic (exact) mass is 245 g/mol. The lowest BCUT2D eigenvalue weighted by Crippen LogP contribution is -2.39. The number of ether oxygens (including phenoxy) is 1. The average molecular weight is 245 g/mol. The molecule has 1 aromatic rings. The van der Waals surface area contributed by atoms with Crippen LogP contribution in [0, 0.1) is 0 Å². The lowest BCUT2D eigenvalue weighted by molar-refractivity contribution is -0.103. The second kappa shape index (κ2) is 5.42. The number of alkyl halides is 2. The Morgan fingerprint density at radius 2 is 2.00 bits per heavy atom. The van der Waals surface area contributed by atoms with Gasteiger partial charge in [-0.25, -0.2) is 8.78 Å². The van der Waals surface area contributed by atoms with Crippen molar-refractivity contribution in [2.45, 2.75) is 24.9 Å². The number of aliphatic hydroxyl groups is 1. The normalized spacial score (nSPS) is 15.4. The van der Waals surface area contributed by atoms with Gasteiger partial charge >= 0.3 is 0 Å². The van der Waals surface area contributed by atoms with E-state index in [1.54, 1.807) is 24.3 Å². The van der Waals surface area contributed by atoms with E-state index in [9.17, 15) is 13.9 Å². The molecule has 0 saturated heterocycles. The van der Waals surface area contributed by atoms with Gasteiger partial charge in [-0.05, 0) is 6.07 Å². The SMILES string of the molecule is COc1ccccc1C(CN)C(O)C(C)(F)F. The van der Waals surface area contributed by atoms with Crippen LogP contribution in [0.3, 0.4) is 0 Å².